The molecule has 2 rings (SSSR count). The van der Waals surface area contributed by atoms with Gasteiger partial charge in [0.15, 0.2) is 5.78 Å². The van der Waals surface area contributed by atoms with Gasteiger partial charge >= 0.3 is 5.97 Å². The van der Waals surface area contributed by atoms with Crippen molar-refractivity contribution < 1.29 is 14.3 Å². The first-order valence-electron chi connectivity index (χ1n) is 4.11. The SMILES string of the molecule is COC(=O)c1ccc2c(c1)C(=O)CS2. The molecule has 1 heterocycles. The van der Waals surface area contributed by atoms with Crippen LogP contribution in [0.25, 0.3) is 0 Å². The average Bonchev–Trinajstić information content (AvgIpc) is 2.59. The van der Waals surface area contributed by atoms with Crippen molar-refractivity contribution in [2.75, 3.05) is 12.9 Å². The molecule has 0 bridgehead atoms. The Balaban J connectivity index is 2.44. The van der Waals surface area contributed by atoms with Crippen molar-refractivity contribution >= 4 is 23.5 Å². The molecule has 0 amide bonds. The van der Waals surface area contributed by atoms with Crippen molar-refractivity contribution in [3.63, 3.8) is 0 Å². The van der Waals surface area contributed by atoms with Gasteiger partial charge in [-0.05, 0) is 18.2 Å². The molecule has 14 heavy (non-hydrogen) atoms. The van der Waals surface area contributed by atoms with Gasteiger partial charge in [0.2, 0.25) is 0 Å². The average molecular weight is 208 g/mol. The van der Waals surface area contributed by atoms with Gasteiger partial charge in [-0.15, -0.1) is 11.8 Å². The number of ketones is 1. The highest BCUT2D eigenvalue weighted by Crippen LogP contribution is 2.31. The van der Waals surface area contributed by atoms with Crippen molar-refractivity contribution in [3.05, 3.63) is 29.3 Å². The topological polar surface area (TPSA) is 43.4 Å². The number of carbonyl (C=O) groups excluding carboxylic acids is 2. The van der Waals surface area contributed by atoms with Crippen molar-refractivity contribution in [2.24, 2.45) is 0 Å². The molecule has 0 aromatic heterocycles. The smallest absolute Gasteiger partial charge is 0.337 e. The molecule has 0 aliphatic carbocycles. The summed E-state index contributed by atoms with van der Waals surface area (Å²) < 4.78 is 4.57. The number of ether oxygens (including phenoxy) is 1. The van der Waals surface area contributed by atoms with Gasteiger partial charge in [0, 0.05) is 10.5 Å². The van der Waals surface area contributed by atoms with Crippen LogP contribution in [0.3, 0.4) is 0 Å². The van der Waals surface area contributed by atoms with Gasteiger partial charge in [-0.25, -0.2) is 4.79 Å². The van der Waals surface area contributed by atoms with Crippen LogP contribution in [0.2, 0.25) is 0 Å². The van der Waals surface area contributed by atoms with Crippen LogP contribution in [0.4, 0.5) is 0 Å². The molecule has 0 saturated carbocycles. The zero-order valence-corrected chi connectivity index (χ0v) is 8.39. The second-order valence-electron chi connectivity index (χ2n) is 2.91. The highest BCUT2D eigenvalue weighted by atomic mass is 32.2. The summed E-state index contributed by atoms with van der Waals surface area (Å²) in [6, 6.07) is 5.07. The summed E-state index contributed by atoms with van der Waals surface area (Å²) in [5.74, 6) is 0.146. The number of carbonyl (C=O) groups is 2. The van der Waals surface area contributed by atoms with Gasteiger partial charge in [-0.2, -0.15) is 0 Å². The first-order chi connectivity index (χ1) is 6.72. The van der Waals surface area contributed by atoms with Crippen LogP contribution in [0.5, 0.6) is 0 Å². The van der Waals surface area contributed by atoms with E-state index in [4.69, 9.17) is 0 Å². The second-order valence-corrected chi connectivity index (χ2v) is 3.93. The largest absolute Gasteiger partial charge is 0.465 e. The molecular formula is C10H8O3S. The molecule has 1 aliphatic heterocycles. The van der Waals surface area contributed by atoms with Crippen LogP contribution in [0.1, 0.15) is 20.7 Å². The number of hydrogen-bond acceptors (Lipinski definition) is 4. The number of thioether (sulfide) groups is 1. The monoisotopic (exact) mass is 208 g/mol. The molecule has 0 atom stereocenters. The first-order valence-corrected chi connectivity index (χ1v) is 5.09. The Morgan fingerprint density at radius 1 is 1.50 bits per heavy atom. The van der Waals surface area contributed by atoms with Crippen molar-refractivity contribution in [1.29, 1.82) is 0 Å². The summed E-state index contributed by atoms with van der Waals surface area (Å²) >= 11 is 1.50. The molecule has 0 N–H and O–H groups in total. The Kier molecular flexibility index (Phi) is 2.29. The van der Waals surface area contributed by atoms with E-state index in [0.29, 0.717) is 16.9 Å². The molecule has 72 valence electrons. The van der Waals surface area contributed by atoms with Crippen LogP contribution in [-0.4, -0.2) is 24.6 Å². The summed E-state index contributed by atoms with van der Waals surface area (Å²) in [5.41, 5.74) is 1.07. The maximum absolute atomic E-state index is 11.4. The van der Waals surface area contributed by atoms with Crippen LogP contribution in [-0.2, 0) is 4.74 Å². The third-order valence-corrected chi connectivity index (χ3v) is 3.13. The number of benzene rings is 1. The first kappa shape index (κ1) is 9.27. The highest BCUT2D eigenvalue weighted by molar-refractivity contribution is 8.00. The van der Waals surface area contributed by atoms with E-state index in [1.807, 2.05) is 0 Å². The van der Waals surface area contributed by atoms with E-state index in [1.54, 1.807) is 18.2 Å². The van der Waals surface area contributed by atoms with E-state index in [9.17, 15) is 9.59 Å². The maximum atomic E-state index is 11.4. The summed E-state index contributed by atoms with van der Waals surface area (Å²) in [5, 5.41) is 0. The molecule has 0 fully saturated rings. The third kappa shape index (κ3) is 1.42. The summed E-state index contributed by atoms with van der Waals surface area (Å²) in [6.45, 7) is 0. The van der Waals surface area contributed by atoms with Gasteiger partial charge < -0.3 is 4.74 Å². The Morgan fingerprint density at radius 2 is 2.29 bits per heavy atom. The lowest BCUT2D eigenvalue weighted by molar-refractivity contribution is 0.0600. The van der Waals surface area contributed by atoms with Gasteiger partial charge in [-0.1, -0.05) is 0 Å². The standard InChI is InChI=1S/C10H8O3S/c1-13-10(12)6-2-3-9-7(4-6)8(11)5-14-9/h2-4H,5H2,1H3. The molecule has 0 radical (unpaired) electrons. The third-order valence-electron chi connectivity index (χ3n) is 2.06. The molecule has 1 aliphatic rings. The van der Waals surface area contributed by atoms with Crippen LogP contribution in [0.15, 0.2) is 23.1 Å². The minimum atomic E-state index is -0.405. The molecular weight excluding hydrogens is 200 g/mol. The fourth-order valence-electron chi connectivity index (χ4n) is 1.34. The predicted molar refractivity (Wildman–Crippen MR) is 52.8 cm³/mol. The normalized spacial score (nSPS) is 13.9. The van der Waals surface area contributed by atoms with Gasteiger partial charge in [0.1, 0.15) is 0 Å². The molecule has 1 aromatic rings. The zero-order chi connectivity index (χ0) is 10.1. The van der Waals surface area contributed by atoms with Gasteiger partial charge in [-0.3, -0.25) is 4.79 Å². The summed E-state index contributed by atoms with van der Waals surface area (Å²) in [7, 11) is 1.33. The maximum Gasteiger partial charge on any atom is 0.337 e. The number of fused-ring (bicyclic) bond motifs is 1. The lowest BCUT2D eigenvalue weighted by Gasteiger charge is -2.00. The van der Waals surface area contributed by atoms with E-state index in [1.165, 1.54) is 18.9 Å². The molecule has 3 nitrogen and oxygen atoms in total. The summed E-state index contributed by atoms with van der Waals surface area (Å²) in [4.78, 5) is 23.5. The molecule has 0 saturated heterocycles. The van der Waals surface area contributed by atoms with E-state index in [2.05, 4.69) is 4.74 Å². The number of Topliss-reactive ketones (excluding diaryl/α,β-unsaturated/α-hetero) is 1. The zero-order valence-electron chi connectivity index (χ0n) is 7.57. The minimum absolute atomic E-state index is 0.0794. The quantitative estimate of drug-likeness (QED) is 0.659. The Labute approximate surface area is 85.4 Å². The Bertz CT molecular complexity index is 412. The fourth-order valence-corrected chi connectivity index (χ4v) is 2.27. The van der Waals surface area contributed by atoms with Crippen molar-refractivity contribution in [3.8, 4) is 0 Å². The Morgan fingerprint density at radius 3 is 3.00 bits per heavy atom. The predicted octanol–water partition coefficient (Wildman–Crippen LogP) is 1.76. The molecule has 0 spiro atoms. The second kappa shape index (κ2) is 3.46. The lowest BCUT2D eigenvalue weighted by Crippen LogP contribution is -2.03. The van der Waals surface area contributed by atoms with Crippen LogP contribution < -0.4 is 0 Å². The van der Waals surface area contributed by atoms with Crippen molar-refractivity contribution in [1.82, 2.24) is 0 Å². The summed E-state index contributed by atoms with van der Waals surface area (Å²) in [6.07, 6.45) is 0. The van der Waals surface area contributed by atoms with Crippen molar-refractivity contribution in [2.45, 2.75) is 4.90 Å². The minimum Gasteiger partial charge on any atom is -0.465 e. The molecule has 4 heteroatoms. The van der Waals surface area contributed by atoms with E-state index >= 15 is 0 Å². The van der Waals surface area contributed by atoms with E-state index < -0.39 is 5.97 Å². The number of methoxy groups -OCH3 is 1. The fraction of sp³-hybridized carbons (Fsp3) is 0.200. The number of hydrogen-bond donors (Lipinski definition) is 0. The molecule has 1 aromatic carbocycles. The Hall–Kier alpha value is -1.29. The number of esters is 1. The lowest BCUT2D eigenvalue weighted by atomic mass is 10.1. The number of rotatable bonds is 1. The highest BCUT2D eigenvalue weighted by Gasteiger charge is 2.21. The van der Waals surface area contributed by atoms with Crippen LogP contribution >= 0.6 is 11.8 Å². The van der Waals surface area contributed by atoms with Gasteiger partial charge in [0.25, 0.3) is 0 Å². The van der Waals surface area contributed by atoms with Gasteiger partial charge in [0.05, 0.1) is 18.4 Å². The molecule has 0 unspecified atom stereocenters. The van der Waals surface area contributed by atoms with Crippen LogP contribution in [0, 0.1) is 0 Å². The van der Waals surface area contributed by atoms with E-state index in [0.717, 1.165) is 4.90 Å². The van der Waals surface area contributed by atoms with E-state index in [-0.39, 0.29) is 5.78 Å².